The fourth-order valence-corrected chi connectivity index (χ4v) is 4.03. The van der Waals surface area contributed by atoms with Crippen LogP contribution in [0.25, 0.3) is 11.3 Å². The zero-order chi connectivity index (χ0) is 14.0. The summed E-state index contributed by atoms with van der Waals surface area (Å²) in [4.78, 5) is 0. The van der Waals surface area contributed by atoms with Crippen LogP contribution in [-0.4, -0.2) is 27.7 Å². The van der Waals surface area contributed by atoms with Crippen LogP contribution in [0.1, 0.15) is 20.3 Å². The smallest absolute Gasteiger partial charge is 0.0650 e. The van der Waals surface area contributed by atoms with Crippen LogP contribution < -0.4 is 5.32 Å². The summed E-state index contributed by atoms with van der Waals surface area (Å²) in [6.45, 7) is 4.71. The Morgan fingerprint density at radius 3 is 2.70 bits per heavy atom. The number of aromatic nitrogens is 2. The van der Waals surface area contributed by atoms with Gasteiger partial charge in [-0.05, 0) is 41.4 Å². The van der Waals surface area contributed by atoms with Crippen LogP contribution in [0.5, 0.6) is 0 Å². The molecule has 1 atom stereocenters. The molecule has 1 aromatic carbocycles. The molecule has 2 aromatic rings. The van der Waals surface area contributed by atoms with Crippen molar-refractivity contribution in [2.75, 3.05) is 16.8 Å². The van der Waals surface area contributed by atoms with E-state index in [1.807, 2.05) is 6.07 Å². The maximum atomic E-state index is 3.99. The predicted molar refractivity (Wildman–Crippen MR) is 87.2 cm³/mol. The van der Waals surface area contributed by atoms with Gasteiger partial charge in [0.2, 0.25) is 0 Å². The molecule has 1 aromatic heterocycles. The summed E-state index contributed by atoms with van der Waals surface area (Å²) in [5.41, 5.74) is 3.88. The first-order valence-corrected chi connectivity index (χ1v) is 8.22. The van der Waals surface area contributed by atoms with Crippen molar-refractivity contribution >= 4 is 17.4 Å². The van der Waals surface area contributed by atoms with E-state index in [0.717, 1.165) is 5.69 Å². The Morgan fingerprint density at radius 1 is 1.25 bits per heavy atom. The van der Waals surface area contributed by atoms with Gasteiger partial charge in [0.25, 0.3) is 0 Å². The van der Waals surface area contributed by atoms with Crippen molar-refractivity contribution in [1.82, 2.24) is 10.2 Å². The van der Waals surface area contributed by atoms with E-state index in [4.69, 9.17) is 0 Å². The fourth-order valence-electron chi connectivity index (χ4n) is 2.75. The molecule has 3 nitrogen and oxygen atoms in total. The molecule has 4 heteroatoms. The van der Waals surface area contributed by atoms with Gasteiger partial charge in [0.1, 0.15) is 0 Å². The fraction of sp³-hybridized carbons (Fsp3) is 0.438. The van der Waals surface area contributed by atoms with Crippen LogP contribution in [0, 0.1) is 5.41 Å². The van der Waals surface area contributed by atoms with E-state index in [1.165, 1.54) is 29.2 Å². The van der Waals surface area contributed by atoms with Crippen LogP contribution in [0.2, 0.25) is 0 Å². The van der Waals surface area contributed by atoms with E-state index in [2.05, 4.69) is 65.4 Å². The number of anilines is 1. The molecule has 0 radical (unpaired) electrons. The summed E-state index contributed by atoms with van der Waals surface area (Å²) in [5, 5.41) is 10.6. The Morgan fingerprint density at radius 2 is 2.05 bits per heavy atom. The first-order valence-electron chi connectivity index (χ1n) is 7.06. The van der Waals surface area contributed by atoms with E-state index < -0.39 is 0 Å². The maximum Gasteiger partial charge on any atom is 0.0650 e. The third-order valence-corrected chi connectivity index (χ3v) is 5.30. The van der Waals surface area contributed by atoms with E-state index in [1.54, 1.807) is 6.20 Å². The number of rotatable bonds is 3. The summed E-state index contributed by atoms with van der Waals surface area (Å²) in [5.74, 6) is 2.47. The lowest BCUT2D eigenvalue weighted by molar-refractivity contribution is 0.358. The zero-order valence-electron chi connectivity index (χ0n) is 12.0. The first-order chi connectivity index (χ1) is 9.62. The van der Waals surface area contributed by atoms with Gasteiger partial charge < -0.3 is 5.32 Å². The van der Waals surface area contributed by atoms with Crippen LogP contribution in [0.15, 0.2) is 36.5 Å². The Balaban J connectivity index is 1.66. The minimum Gasteiger partial charge on any atom is -0.381 e. The topological polar surface area (TPSA) is 40.7 Å². The normalized spacial score (nSPS) is 21.6. The van der Waals surface area contributed by atoms with Crippen molar-refractivity contribution in [2.24, 2.45) is 5.41 Å². The molecule has 1 unspecified atom stereocenters. The number of aromatic amines is 1. The van der Waals surface area contributed by atoms with E-state index in [9.17, 15) is 0 Å². The average Bonchev–Trinajstić information content (AvgIpc) is 2.92. The Labute approximate surface area is 124 Å². The highest BCUT2D eigenvalue weighted by Crippen LogP contribution is 2.34. The number of hydrogen-bond acceptors (Lipinski definition) is 3. The molecule has 106 valence electrons. The standard InChI is InChI=1S/C16H21N3S/c1-16(2)9-14(10-20-11-16)18-13-5-3-12(4-6-13)15-7-8-17-19-15/h3-8,14,18H,9-11H2,1-2H3,(H,17,19). The van der Waals surface area contributed by atoms with Gasteiger partial charge in [-0.15, -0.1) is 0 Å². The summed E-state index contributed by atoms with van der Waals surface area (Å²) in [7, 11) is 0. The maximum absolute atomic E-state index is 3.99. The van der Waals surface area contributed by atoms with Crippen molar-refractivity contribution in [3.8, 4) is 11.3 Å². The molecule has 20 heavy (non-hydrogen) atoms. The SMILES string of the molecule is CC1(C)CSCC(Nc2ccc(-c3ccn[nH]3)cc2)C1. The second kappa shape index (κ2) is 5.52. The van der Waals surface area contributed by atoms with Gasteiger partial charge in [-0.3, -0.25) is 5.10 Å². The van der Waals surface area contributed by atoms with Crippen LogP contribution in [0.3, 0.4) is 0 Å². The molecule has 2 N–H and O–H groups in total. The molecule has 0 bridgehead atoms. The second-order valence-electron chi connectivity index (χ2n) is 6.27. The molecule has 0 spiro atoms. The van der Waals surface area contributed by atoms with Gasteiger partial charge in [0.05, 0.1) is 5.69 Å². The molecule has 0 saturated carbocycles. The second-order valence-corrected chi connectivity index (χ2v) is 7.30. The lowest BCUT2D eigenvalue weighted by Crippen LogP contribution is -2.35. The van der Waals surface area contributed by atoms with Crippen LogP contribution in [-0.2, 0) is 0 Å². The van der Waals surface area contributed by atoms with E-state index >= 15 is 0 Å². The summed E-state index contributed by atoms with van der Waals surface area (Å²) >= 11 is 2.05. The Bertz CT molecular complexity index is 546. The largest absolute Gasteiger partial charge is 0.381 e. The van der Waals surface area contributed by atoms with Crippen molar-refractivity contribution in [3.05, 3.63) is 36.5 Å². The third kappa shape index (κ3) is 3.18. The van der Waals surface area contributed by atoms with Crippen molar-refractivity contribution in [1.29, 1.82) is 0 Å². The molecule has 1 aliphatic heterocycles. The molecular formula is C16H21N3S. The van der Waals surface area contributed by atoms with Crippen LogP contribution in [0.4, 0.5) is 5.69 Å². The molecule has 3 rings (SSSR count). The molecule has 1 aliphatic rings. The molecular weight excluding hydrogens is 266 g/mol. The monoisotopic (exact) mass is 287 g/mol. The summed E-state index contributed by atoms with van der Waals surface area (Å²) in [6.07, 6.45) is 3.02. The molecule has 1 fully saturated rings. The highest BCUT2D eigenvalue weighted by molar-refractivity contribution is 7.99. The highest BCUT2D eigenvalue weighted by atomic mass is 32.2. The van der Waals surface area contributed by atoms with Gasteiger partial charge in [-0.2, -0.15) is 16.9 Å². The van der Waals surface area contributed by atoms with Crippen molar-refractivity contribution in [2.45, 2.75) is 26.3 Å². The van der Waals surface area contributed by atoms with E-state index in [0.29, 0.717) is 11.5 Å². The van der Waals surface area contributed by atoms with Gasteiger partial charge in [-0.25, -0.2) is 0 Å². The van der Waals surface area contributed by atoms with Gasteiger partial charge in [0, 0.05) is 23.7 Å². The number of hydrogen-bond donors (Lipinski definition) is 2. The van der Waals surface area contributed by atoms with Crippen molar-refractivity contribution < 1.29 is 0 Å². The van der Waals surface area contributed by atoms with Crippen LogP contribution >= 0.6 is 11.8 Å². The number of H-pyrrole nitrogens is 1. The first kappa shape index (κ1) is 13.6. The van der Waals surface area contributed by atoms with Crippen molar-refractivity contribution in [3.63, 3.8) is 0 Å². The zero-order valence-corrected chi connectivity index (χ0v) is 12.8. The highest BCUT2D eigenvalue weighted by Gasteiger charge is 2.28. The molecule has 0 aliphatic carbocycles. The summed E-state index contributed by atoms with van der Waals surface area (Å²) in [6, 6.07) is 11.1. The minimum atomic E-state index is 0.441. The number of thioether (sulfide) groups is 1. The average molecular weight is 287 g/mol. The number of nitrogens with zero attached hydrogens (tertiary/aromatic N) is 1. The molecule has 1 saturated heterocycles. The Hall–Kier alpha value is -1.42. The van der Waals surface area contributed by atoms with Gasteiger partial charge >= 0.3 is 0 Å². The molecule has 0 amide bonds. The summed E-state index contributed by atoms with van der Waals surface area (Å²) < 4.78 is 0. The lowest BCUT2D eigenvalue weighted by Gasteiger charge is -2.35. The Kier molecular flexibility index (Phi) is 3.74. The predicted octanol–water partition coefficient (Wildman–Crippen LogP) is 4.02. The number of nitrogens with one attached hydrogen (secondary N) is 2. The van der Waals surface area contributed by atoms with Gasteiger partial charge in [-0.1, -0.05) is 26.0 Å². The van der Waals surface area contributed by atoms with E-state index in [-0.39, 0.29) is 0 Å². The minimum absolute atomic E-state index is 0.441. The lowest BCUT2D eigenvalue weighted by atomic mass is 9.88. The number of benzene rings is 1. The third-order valence-electron chi connectivity index (χ3n) is 3.68. The van der Waals surface area contributed by atoms with Gasteiger partial charge in [0.15, 0.2) is 0 Å². The molecule has 2 heterocycles. The quantitative estimate of drug-likeness (QED) is 0.895.